The Hall–Kier alpha value is -2.41. The van der Waals surface area contributed by atoms with Crippen molar-refractivity contribution < 1.29 is 4.79 Å². The van der Waals surface area contributed by atoms with Crippen molar-refractivity contribution in [1.82, 2.24) is 47.4 Å². The van der Waals surface area contributed by atoms with Gasteiger partial charge in [0.15, 0.2) is 0 Å². The Morgan fingerprint density at radius 2 is 0.603 bits per heavy atom. The third kappa shape index (κ3) is 7.83. The minimum absolute atomic E-state index is 0.104. The van der Waals surface area contributed by atoms with Crippen molar-refractivity contribution >= 4 is 5.91 Å². The van der Waals surface area contributed by atoms with Gasteiger partial charge < -0.3 is 4.90 Å². The van der Waals surface area contributed by atoms with Crippen LogP contribution in [0.25, 0.3) is 0 Å². The third-order valence-corrected chi connectivity index (χ3v) is 16.8. The number of carbonyl (C=O) groups is 1. The van der Waals surface area contributed by atoms with Crippen molar-refractivity contribution in [2.24, 2.45) is 47.3 Å². The van der Waals surface area contributed by atoms with E-state index in [0.29, 0.717) is 49.3 Å². The summed E-state index contributed by atoms with van der Waals surface area (Å²) in [6, 6.07) is 19.8. The zero-order valence-electron chi connectivity index (χ0n) is 35.3. The maximum atomic E-state index is 12.4. The van der Waals surface area contributed by atoms with E-state index in [2.05, 4.69) is 42.5 Å². The molecule has 8 bridgehead atoms. The van der Waals surface area contributed by atoms with Crippen LogP contribution < -0.4 is 42.5 Å². The van der Waals surface area contributed by atoms with E-state index in [4.69, 9.17) is 0 Å². The van der Waals surface area contributed by atoms with Gasteiger partial charge in [0.1, 0.15) is 0 Å². The van der Waals surface area contributed by atoms with Crippen molar-refractivity contribution in [1.29, 1.82) is 0 Å². The van der Waals surface area contributed by atoms with E-state index in [1.54, 1.807) is 19.0 Å². The van der Waals surface area contributed by atoms with Crippen LogP contribution in [0.1, 0.15) is 120 Å². The maximum absolute atomic E-state index is 12.4. The van der Waals surface area contributed by atoms with Crippen LogP contribution in [0.5, 0.6) is 0 Å². The average Bonchev–Trinajstić information content (AvgIpc) is 4.01. The first kappa shape index (κ1) is 39.7. The lowest BCUT2D eigenvalue weighted by Crippen LogP contribution is -2.61. The largest absolute Gasteiger partial charge is 0.348 e. The molecular formula is C48H73N9O. The molecule has 9 aliphatic rings. The zero-order chi connectivity index (χ0) is 39.2. The number of benzene rings is 2. The molecule has 1 amide bonds. The summed E-state index contributed by atoms with van der Waals surface area (Å²) in [6.45, 7) is 0. The number of fused-ring (bicyclic) bond motifs is 20. The average molecular weight is 792 g/mol. The molecule has 0 spiro atoms. The van der Waals surface area contributed by atoms with Gasteiger partial charge in [-0.05, 0) is 110 Å². The Labute approximate surface area is 348 Å². The van der Waals surface area contributed by atoms with Gasteiger partial charge >= 0.3 is 0 Å². The summed E-state index contributed by atoms with van der Waals surface area (Å²) in [7, 11) is 3.59. The van der Waals surface area contributed by atoms with Crippen molar-refractivity contribution in [2.45, 2.75) is 158 Å². The van der Waals surface area contributed by atoms with Gasteiger partial charge in [-0.15, -0.1) is 0 Å². The molecule has 8 atom stereocenters. The van der Waals surface area contributed by atoms with E-state index < -0.39 is 0 Å². The van der Waals surface area contributed by atoms with E-state index in [1.807, 2.05) is 60.7 Å². The smallest absolute Gasteiger partial charge is 0.234 e. The Kier molecular flexibility index (Phi) is 12.0. The van der Waals surface area contributed by atoms with Gasteiger partial charge in [-0.3, -0.25) is 47.3 Å². The van der Waals surface area contributed by atoms with Gasteiger partial charge in [-0.25, -0.2) is 0 Å². The number of carbonyl (C=O) groups excluding carboxylic acids is 1. The number of hydrogen-bond donors (Lipinski definition) is 8. The number of rotatable bonds is 3. The molecule has 2 aromatic carbocycles. The molecule has 5 heterocycles. The summed E-state index contributed by atoms with van der Waals surface area (Å²) in [5.41, 5.74) is 2.06. The molecule has 8 unspecified atom stereocenters. The molecule has 10 heteroatoms. The van der Waals surface area contributed by atoms with Gasteiger partial charge in [0.05, 0.1) is 55.2 Å². The molecule has 2 aromatic rings. The molecule has 10 nitrogen and oxygen atoms in total. The third-order valence-electron chi connectivity index (χ3n) is 16.8. The molecule has 0 radical (unpaired) electrons. The fraction of sp³-hybridized carbons (Fsp3) is 0.729. The number of nitrogens with zero attached hydrogens (tertiary/aromatic N) is 1. The molecule has 8 N–H and O–H groups in total. The van der Waals surface area contributed by atoms with Crippen LogP contribution in [0.15, 0.2) is 60.7 Å². The molecule has 4 saturated carbocycles. The van der Waals surface area contributed by atoms with Crippen LogP contribution in [0, 0.1) is 47.3 Å². The quantitative estimate of drug-likeness (QED) is 0.204. The molecule has 5 saturated heterocycles. The van der Waals surface area contributed by atoms with E-state index in [-0.39, 0.29) is 11.8 Å². The molecule has 4 aliphatic carbocycles. The molecule has 9 fully saturated rings. The summed E-state index contributed by atoms with van der Waals surface area (Å²) in [4.78, 5) is 14.0. The molecule has 58 heavy (non-hydrogen) atoms. The molecule has 316 valence electrons. The topological polar surface area (TPSA) is 117 Å². The van der Waals surface area contributed by atoms with Crippen LogP contribution >= 0.6 is 0 Å². The summed E-state index contributed by atoms with van der Waals surface area (Å²) in [5, 5.41) is 33.8. The standard InChI is InChI=1S/C32H56N8.C16H17NO/c1-2-10-18-17(9-1)25-33-26(18)38-28-21-13-5-6-14-22(21)30(35-28)40-32-24-16-8-7-15-23(24)31(36-32)39-29-20-12-4-3-11-19(20)27(34-29)37-25;1-17(2)16(18)15(13-9-5-3-6-10-13)14-11-7-4-8-12-14/h17-40H,1-16H2;3-12,15H,1-2H3. The molecule has 5 aliphatic heterocycles. The van der Waals surface area contributed by atoms with Crippen molar-refractivity contribution in [3.8, 4) is 0 Å². The fourth-order valence-corrected chi connectivity index (χ4v) is 14.0. The molecular weight excluding hydrogens is 719 g/mol. The highest BCUT2D eigenvalue weighted by atomic mass is 16.2. The number of amides is 1. The summed E-state index contributed by atoms with van der Waals surface area (Å²) >= 11 is 0. The van der Waals surface area contributed by atoms with E-state index in [1.165, 1.54) is 103 Å². The highest BCUT2D eigenvalue weighted by Crippen LogP contribution is 2.45. The summed E-state index contributed by atoms with van der Waals surface area (Å²) in [5.74, 6) is 5.85. The van der Waals surface area contributed by atoms with Crippen LogP contribution in [0.2, 0.25) is 0 Å². The van der Waals surface area contributed by atoms with Gasteiger partial charge in [0, 0.05) is 14.1 Å². The van der Waals surface area contributed by atoms with Crippen LogP contribution in [-0.4, -0.2) is 74.2 Å². The van der Waals surface area contributed by atoms with Crippen LogP contribution in [0.3, 0.4) is 0 Å². The zero-order valence-corrected chi connectivity index (χ0v) is 35.3. The second-order valence-corrected chi connectivity index (χ2v) is 20.1. The summed E-state index contributed by atoms with van der Waals surface area (Å²) < 4.78 is 0. The number of nitrogens with one attached hydrogen (secondary N) is 8. The normalized spacial score (nSPS) is 42.9. The first-order chi connectivity index (χ1) is 28.5. The molecule has 11 rings (SSSR count). The summed E-state index contributed by atoms with van der Waals surface area (Å²) in [6.07, 6.45) is 25.6. The van der Waals surface area contributed by atoms with E-state index in [0.717, 1.165) is 58.5 Å². The second kappa shape index (κ2) is 17.5. The van der Waals surface area contributed by atoms with Crippen molar-refractivity contribution in [3.63, 3.8) is 0 Å². The van der Waals surface area contributed by atoms with Crippen LogP contribution in [0.4, 0.5) is 0 Å². The monoisotopic (exact) mass is 792 g/mol. The SMILES string of the molecule is C1CCC2C3NC(NC4NC(NC5NC(NC6NC(N3)C3CCCCC63)C3CCCCC53)C3CCCCC43)C2C1.CN(C)C(=O)C(c1ccccc1)c1ccccc1. The first-order valence-electron chi connectivity index (χ1n) is 23.9. The van der Waals surface area contributed by atoms with E-state index >= 15 is 0 Å². The minimum Gasteiger partial charge on any atom is -0.348 e. The fourth-order valence-electron chi connectivity index (χ4n) is 14.0. The predicted molar refractivity (Wildman–Crippen MR) is 231 cm³/mol. The van der Waals surface area contributed by atoms with Crippen molar-refractivity contribution in [2.75, 3.05) is 14.1 Å². The Morgan fingerprint density at radius 1 is 0.397 bits per heavy atom. The van der Waals surface area contributed by atoms with Gasteiger partial charge in [-0.2, -0.15) is 0 Å². The van der Waals surface area contributed by atoms with E-state index in [9.17, 15) is 4.79 Å². The molecule has 0 aromatic heterocycles. The Balaban J connectivity index is 0.000000191. The lowest BCUT2D eigenvalue weighted by molar-refractivity contribution is -0.129. The van der Waals surface area contributed by atoms with Crippen molar-refractivity contribution in [3.05, 3.63) is 71.8 Å². The Morgan fingerprint density at radius 3 is 0.793 bits per heavy atom. The maximum Gasteiger partial charge on any atom is 0.234 e. The van der Waals surface area contributed by atoms with Crippen LogP contribution in [-0.2, 0) is 4.79 Å². The first-order valence-corrected chi connectivity index (χ1v) is 23.9. The lowest BCUT2D eigenvalue weighted by Gasteiger charge is -2.35. The predicted octanol–water partition coefficient (Wildman–Crippen LogP) is 5.51. The second-order valence-electron chi connectivity index (χ2n) is 20.1. The van der Waals surface area contributed by atoms with Gasteiger partial charge in [0.2, 0.25) is 5.91 Å². The number of likely N-dealkylation sites (N-methyl/N-ethyl adjacent to an activating group) is 1. The lowest BCUT2D eigenvalue weighted by atomic mass is 9.76. The highest BCUT2D eigenvalue weighted by Gasteiger charge is 2.54. The van der Waals surface area contributed by atoms with Gasteiger partial charge in [-0.1, -0.05) is 112 Å². The van der Waals surface area contributed by atoms with Gasteiger partial charge in [0.25, 0.3) is 0 Å². The highest BCUT2D eigenvalue weighted by molar-refractivity contribution is 5.86. The number of hydrogen-bond acceptors (Lipinski definition) is 9. The Bertz CT molecular complexity index is 1420. The minimum atomic E-state index is -0.220.